The summed E-state index contributed by atoms with van der Waals surface area (Å²) in [5.74, 6) is 0.955. The summed E-state index contributed by atoms with van der Waals surface area (Å²) < 4.78 is 6.91. The normalized spacial score (nSPS) is 10.6. The lowest BCUT2D eigenvalue weighted by molar-refractivity contribution is -0.120. The van der Waals surface area contributed by atoms with Crippen molar-refractivity contribution in [3.63, 3.8) is 0 Å². The molecule has 0 bridgehead atoms. The number of carbonyl (C=O) groups is 1. The van der Waals surface area contributed by atoms with Crippen LogP contribution in [0.3, 0.4) is 0 Å². The summed E-state index contributed by atoms with van der Waals surface area (Å²) in [6.07, 6.45) is 0.913. The van der Waals surface area contributed by atoms with Crippen LogP contribution in [-0.4, -0.2) is 22.1 Å². The van der Waals surface area contributed by atoms with E-state index >= 15 is 0 Å². The zero-order valence-electron chi connectivity index (χ0n) is 16.1. The van der Waals surface area contributed by atoms with Crippen LogP contribution in [-0.2, 0) is 17.8 Å². The summed E-state index contributed by atoms with van der Waals surface area (Å²) in [6, 6.07) is 14.8. The smallest absolute Gasteiger partial charge is 0.262 e. The standard InChI is InChI=1S/C21H24N4O3/c1-3-25-20(27)17-7-5-6-8-18(17)22-21(25)24-23-19(26)14-11-15-9-12-16(13-10-15)28-4-2/h5-10,12-13H,3-4,11,14H2,1-2H3,(H,22,24)(H,23,26). The molecule has 28 heavy (non-hydrogen) atoms. The molecule has 1 aromatic heterocycles. The zero-order valence-corrected chi connectivity index (χ0v) is 16.1. The van der Waals surface area contributed by atoms with Gasteiger partial charge in [-0.2, -0.15) is 0 Å². The van der Waals surface area contributed by atoms with E-state index in [1.807, 2.05) is 44.2 Å². The van der Waals surface area contributed by atoms with Gasteiger partial charge >= 0.3 is 0 Å². The van der Waals surface area contributed by atoms with Gasteiger partial charge in [-0.15, -0.1) is 0 Å². The van der Waals surface area contributed by atoms with E-state index in [1.54, 1.807) is 18.2 Å². The summed E-state index contributed by atoms with van der Waals surface area (Å²) in [5.41, 5.74) is 6.92. The van der Waals surface area contributed by atoms with Crippen LogP contribution in [0.2, 0.25) is 0 Å². The predicted octanol–water partition coefficient (Wildman–Crippen LogP) is 2.89. The number of hydrogen-bond acceptors (Lipinski definition) is 5. The lowest BCUT2D eigenvalue weighted by atomic mass is 10.1. The average Bonchev–Trinajstić information content (AvgIpc) is 2.72. The van der Waals surface area contributed by atoms with Gasteiger partial charge in [0.2, 0.25) is 11.9 Å². The number of anilines is 1. The fourth-order valence-electron chi connectivity index (χ4n) is 2.92. The summed E-state index contributed by atoms with van der Waals surface area (Å²) in [6.45, 7) is 4.87. The lowest BCUT2D eigenvalue weighted by Crippen LogP contribution is -2.34. The van der Waals surface area contributed by atoms with E-state index in [-0.39, 0.29) is 11.5 Å². The fraction of sp³-hybridized carbons (Fsp3) is 0.286. The van der Waals surface area contributed by atoms with Crippen molar-refractivity contribution in [2.75, 3.05) is 12.0 Å². The monoisotopic (exact) mass is 380 g/mol. The molecule has 146 valence electrons. The number of aryl methyl sites for hydroxylation is 1. The van der Waals surface area contributed by atoms with Crippen LogP contribution in [0.4, 0.5) is 5.95 Å². The molecule has 0 fully saturated rings. The minimum Gasteiger partial charge on any atom is -0.494 e. The summed E-state index contributed by atoms with van der Waals surface area (Å²) in [5, 5.41) is 0.553. The van der Waals surface area contributed by atoms with Crippen LogP contribution in [0.1, 0.15) is 25.8 Å². The zero-order chi connectivity index (χ0) is 19.9. The molecule has 3 rings (SSSR count). The highest BCUT2D eigenvalue weighted by molar-refractivity contribution is 5.80. The highest BCUT2D eigenvalue weighted by Crippen LogP contribution is 2.13. The van der Waals surface area contributed by atoms with Crippen molar-refractivity contribution < 1.29 is 9.53 Å². The van der Waals surface area contributed by atoms with E-state index < -0.39 is 0 Å². The minimum absolute atomic E-state index is 0.140. The number of hydrogen-bond donors (Lipinski definition) is 2. The van der Waals surface area contributed by atoms with Gasteiger partial charge in [0.1, 0.15) is 5.75 Å². The van der Waals surface area contributed by atoms with Crippen LogP contribution in [0.5, 0.6) is 5.75 Å². The molecule has 0 radical (unpaired) electrons. The van der Waals surface area contributed by atoms with Gasteiger partial charge in [-0.25, -0.2) is 4.98 Å². The number of nitrogens with zero attached hydrogens (tertiary/aromatic N) is 2. The van der Waals surface area contributed by atoms with E-state index in [2.05, 4.69) is 15.8 Å². The Kier molecular flexibility index (Phi) is 6.26. The van der Waals surface area contributed by atoms with E-state index in [9.17, 15) is 9.59 Å². The second kappa shape index (κ2) is 9.03. The number of rotatable bonds is 8. The molecule has 0 saturated heterocycles. The molecule has 0 aliphatic heterocycles. The van der Waals surface area contributed by atoms with Crippen molar-refractivity contribution in [1.82, 2.24) is 15.0 Å². The molecule has 0 unspecified atom stereocenters. The van der Waals surface area contributed by atoms with E-state index in [0.717, 1.165) is 11.3 Å². The van der Waals surface area contributed by atoms with Crippen molar-refractivity contribution >= 4 is 22.8 Å². The van der Waals surface area contributed by atoms with E-state index in [0.29, 0.717) is 42.8 Å². The maximum absolute atomic E-state index is 12.6. The van der Waals surface area contributed by atoms with Crippen LogP contribution in [0.15, 0.2) is 53.3 Å². The Labute approximate surface area is 163 Å². The summed E-state index contributed by atoms with van der Waals surface area (Å²) in [4.78, 5) is 29.2. The molecule has 1 heterocycles. The second-order valence-electron chi connectivity index (χ2n) is 6.25. The van der Waals surface area contributed by atoms with Gasteiger partial charge in [-0.1, -0.05) is 24.3 Å². The number of hydrazine groups is 1. The molecule has 3 aromatic rings. The maximum Gasteiger partial charge on any atom is 0.262 e. The second-order valence-corrected chi connectivity index (χ2v) is 6.25. The Morgan fingerprint density at radius 3 is 2.57 bits per heavy atom. The van der Waals surface area contributed by atoms with Gasteiger partial charge in [0.15, 0.2) is 0 Å². The van der Waals surface area contributed by atoms with Gasteiger partial charge in [-0.05, 0) is 50.1 Å². The van der Waals surface area contributed by atoms with E-state index in [4.69, 9.17) is 4.74 Å². The Balaban J connectivity index is 1.62. The molecular formula is C21H24N4O3. The van der Waals surface area contributed by atoms with Crippen molar-refractivity contribution in [2.45, 2.75) is 33.2 Å². The topological polar surface area (TPSA) is 85.2 Å². The van der Waals surface area contributed by atoms with Crippen molar-refractivity contribution in [2.24, 2.45) is 0 Å². The van der Waals surface area contributed by atoms with Crippen molar-refractivity contribution in [1.29, 1.82) is 0 Å². The highest BCUT2D eigenvalue weighted by Gasteiger charge is 2.10. The first-order valence-electron chi connectivity index (χ1n) is 9.38. The number of ether oxygens (including phenoxy) is 1. The largest absolute Gasteiger partial charge is 0.494 e. The fourth-order valence-corrected chi connectivity index (χ4v) is 2.92. The van der Waals surface area contributed by atoms with Crippen LogP contribution in [0.25, 0.3) is 10.9 Å². The number of aromatic nitrogens is 2. The number of nitrogens with one attached hydrogen (secondary N) is 2. The van der Waals surface area contributed by atoms with Gasteiger partial charge in [0.05, 0.1) is 17.5 Å². The van der Waals surface area contributed by atoms with Crippen LogP contribution < -0.4 is 21.1 Å². The van der Waals surface area contributed by atoms with Gasteiger partial charge in [-0.3, -0.25) is 25.0 Å². The molecule has 0 saturated carbocycles. The molecule has 1 amide bonds. The molecule has 0 aliphatic carbocycles. The van der Waals surface area contributed by atoms with Gasteiger partial charge < -0.3 is 4.74 Å². The van der Waals surface area contributed by atoms with E-state index in [1.165, 1.54) is 4.57 Å². The Morgan fingerprint density at radius 2 is 1.86 bits per heavy atom. The third kappa shape index (κ3) is 4.49. The first kappa shape index (κ1) is 19.4. The first-order chi connectivity index (χ1) is 13.6. The minimum atomic E-state index is -0.182. The third-order valence-corrected chi connectivity index (χ3v) is 4.37. The Morgan fingerprint density at radius 1 is 1.11 bits per heavy atom. The predicted molar refractivity (Wildman–Crippen MR) is 109 cm³/mol. The number of para-hydroxylation sites is 1. The molecule has 7 nitrogen and oxygen atoms in total. The van der Waals surface area contributed by atoms with Gasteiger partial charge in [0.25, 0.3) is 5.56 Å². The number of carbonyl (C=O) groups excluding carboxylic acids is 1. The van der Waals surface area contributed by atoms with Crippen LogP contribution in [0, 0.1) is 0 Å². The Hall–Kier alpha value is -3.35. The van der Waals surface area contributed by atoms with Gasteiger partial charge in [0, 0.05) is 13.0 Å². The average molecular weight is 380 g/mol. The lowest BCUT2D eigenvalue weighted by Gasteiger charge is -2.14. The molecule has 7 heteroatoms. The van der Waals surface area contributed by atoms with Crippen molar-refractivity contribution in [3.05, 3.63) is 64.4 Å². The molecule has 0 aliphatic rings. The molecule has 0 atom stereocenters. The van der Waals surface area contributed by atoms with Crippen LogP contribution >= 0.6 is 0 Å². The third-order valence-electron chi connectivity index (χ3n) is 4.37. The SMILES string of the molecule is CCOc1ccc(CCC(=O)NNc2nc3ccccc3c(=O)n2CC)cc1. The molecule has 2 N–H and O–H groups in total. The maximum atomic E-state index is 12.6. The molecular weight excluding hydrogens is 356 g/mol. The number of amides is 1. The summed E-state index contributed by atoms with van der Waals surface area (Å²) >= 11 is 0. The Bertz CT molecular complexity index is 1010. The number of fused-ring (bicyclic) bond motifs is 1. The summed E-state index contributed by atoms with van der Waals surface area (Å²) in [7, 11) is 0. The first-order valence-corrected chi connectivity index (χ1v) is 9.38. The molecule has 2 aromatic carbocycles. The number of benzene rings is 2. The highest BCUT2D eigenvalue weighted by atomic mass is 16.5. The molecule has 0 spiro atoms. The quantitative estimate of drug-likeness (QED) is 0.587. The van der Waals surface area contributed by atoms with Crippen molar-refractivity contribution in [3.8, 4) is 5.75 Å².